The predicted molar refractivity (Wildman–Crippen MR) is 80.9 cm³/mol. The quantitative estimate of drug-likeness (QED) is 0.771. The van der Waals surface area contributed by atoms with Crippen LogP contribution in [0.1, 0.15) is 23.7 Å². The van der Waals surface area contributed by atoms with Crippen LogP contribution >= 0.6 is 34.0 Å². The Morgan fingerprint density at radius 3 is 2.30 bits per heavy atom. The van der Waals surface area contributed by atoms with Crippen molar-refractivity contribution in [3.8, 4) is 21.4 Å². The molecule has 0 aromatic carbocycles. The summed E-state index contributed by atoms with van der Waals surface area (Å²) >= 11 is 4.38. The number of aromatic nitrogens is 3. The van der Waals surface area contributed by atoms with Gasteiger partial charge in [0.05, 0.1) is 12.3 Å². The van der Waals surface area contributed by atoms with Crippen LogP contribution in [0.2, 0.25) is 0 Å². The molecule has 0 radical (unpaired) electrons. The topological polar surface area (TPSA) is 79.1 Å². The summed E-state index contributed by atoms with van der Waals surface area (Å²) in [5.74, 6) is 0. The van der Waals surface area contributed by atoms with Crippen LogP contribution in [0, 0.1) is 0 Å². The number of aliphatic hydroxyl groups is 2. The second-order valence-electron chi connectivity index (χ2n) is 4.09. The fourth-order valence-electron chi connectivity index (χ4n) is 1.56. The van der Waals surface area contributed by atoms with E-state index in [1.807, 2.05) is 16.1 Å². The Bertz CT molecular complexity index is 717. The van der Waals surface area contributed by atoms with E-state index in [9.17, 15) is 5.11 Å². The summed E-state index contributed by atoms with van der Waals surface area (Å²) in [5, 5.41) is 26.5. The van der Waals surface area contributed by atoms with Crippen molar-refractivity contribution < 1.29 is 10.2 Å². The minimum atomic E-state index is -0.556. The van der Waals surface area contributed by atoms with Crippen LogP contribution in [-0.2, 0) is 6.61 Å². The zero-order chi connectivity index (χ0) is 14.1. The third-order valence-corrected chi connectivity index (χ3v) is 5.33. The smallest absolute Gasteiger partial charge is 0.143 e. The van der Waals surface area contributed by atoms with Crippen molar-refractivity contribution in [3.63, 3.8) is 0 Å². The van der Waals surface area contributed by atoms with Crippen molar-refractivity contribution in [3.05, 3.63) is 26.8 Å². The van der Waals surface area contributed by atoms with Crippen LogP contribution in [0.5, 0.6) is 0 Å². The van der Waals surface area contributed by atoms with Crippen LogP contribution in [0.4, 0.5) is 0 Å². The van der Waals surface area contributed by atoms with Gasteiger partial charge in [0.2, 0.25) is 0 Å². The molecular formula is C12H11N3O2S3. The summed E-state index contributed by atoms with van der Waals surface area (Å²) in [6, 6.07) is 0. The summed E-state index contributed by atoms with van der Waals surface area (Å²) in [4.78, 5) is 13.2. The van der Waals surface area contributed by atoms with Gasteiger partial charge < -0.3 is 10.2 Å². The number of thiazole rings is 3. The lowest BCUT2D eigenvalue weighted by atomic mass is 10.4. The highest BCUT2D eigenvalue weighted by Gasteiger charge is 2.14. The van der Waals surface area contributed by atoms with Crippen molar-refractivity contribution in [2.45, 2.75) is 19.6 Å². The zero-order valence-electron chi connectivity index (χ0n) is 10.5. The second-order valence-corrected chi connectivity index (χ2v) is 6.69. The minimum absolute atomic E-state index is 0.0582. The van der Waals surface area contributed by atoms with Crippen molar-refractivity contribution in [1.29, 1.82) is 0 Å². The first-order chi connectivity index (χ1) is 9.67. The van der Waals surface area contributed by atoms with E-state index in [-0.39, 0.29) is 6.61 Å². The average molecular weight is 325 g/mol. The van der Waals surface area contributed by atoms with Crippen molar-refractivity contribution in [1.82, 2.24) is 15.0 Å². The van der Waals surface area contributed by atoms with Gasteiger partial charge in [0.1, 0.15) is 32.5 Å². The van der Waals surface area contributed by atoms with Gasteiger partial charge in [-0.05, 0) is 6.92 Å². The standard InChI is InChI=1S/C12H11N3O2S3/c1-6(17)10-14-9(4-19-10)12-15-8(5-20-12)11-13-7(2-16)3-18-11/h3-6,16-17H,2H2,1H3/t6-/m0/s1. The first-order valence-corrected chi connectivity index (χ1v) is 8.46. The van der Waals surface area contributed by atoms with E-state index in [0.29, 0.717) is 10.7 Å². The molecule has 3 heterocycles. The van der Waals surface area contributed by atoms with E-state index < -0.39 is 6.10 Å². The molecule has 0 amide bonds. The first kappa shape index (κ1) is 13.8. The Hall–Kier alpha value is -1.19. The van der Waals surface area contributed by atoms with Gasteiger partial charge in [-0.15, -0.1) is 34.0 Å². The van der Waals surface area contributed by atoms with Gasteiger partial charge in [-0.1, -0.05) is 0 Å². The molecule has 0 unspecified atom stereocenters. The lowest BCUT2D eigenvalue weighted by Gasteiger charge is -1.95. The van der Waals surface area contributed by atoms with Crippen molar-refractivity contribution in [2.24, 2.45) is 0 Å². The number of nitrogens with zero attached hydrogens (tertiary/aromatic N) is 3. The summed E-state index contributed by atoms with van der Waals surface area (Å²) in [7, 11) is 0. The third-order valence-electron chi connectivity index (χ3n) is 2.54. The van der Waals surface area contributed by atoms with Gasteiger partial charge in [0.25, 0.3) is 0 Å². The molecule has 20 heavy (non-hydrogen) atoms. The Kier molecular flexibility index (Phi) is 3.90. The molecule has 3 aromatic rings. The number of aliphatic hydroxyl groups excluding tert-OH is 2. The Morgan fingerprint density at radius 2 is 1.65 bits per heavy atom. The monoisotopic (exact) mass is 325 g/mol. The molecule has 0 fully saturated rings. The lowest BCUT2D eigenvalue weighted by molar-refractivity contribution is 0.199. The molecule has 0 aliphatic heterocycles. The number of hydrogen-bond acceptors (Lipinski definition) is 8. The van der Waals surface area contributed by atoms with Crippen LogP contribution in [0.3, 0.4) is 0 Å². The van der Waals surface area contributed by atoms with Crippen LogP contribution in [0.15, 0.2) is 16.1 Å². The molecule has 104 valence electrons. The van der Waals surface area contributed by atoms with Crippen LogP contribution in [-0.4, -0.2) is 25.2 Å². The molecule has 0 aliphatic rings. The van der Waals surface area contributed by atoms with E-state index in [2.05, 4.69) is 15.0 Å². The van der Waals surface area contributed by atoms with Gasteiger partial charge in [-0.25, -0.2) is 15.0 Å². The van der Waals surface area contributed by atoms with Gasteiger partial charge in [-0.3, -0.25) is 0 Å². The van der Waals surface area contributed by atoms with Gasteiger partial charge in [0.15, 0.2) is 0 Å². The summed E-state index contributed by atoms with van der Waals surface area (Å²) in [5.41, 5.74) is 2.23. The van der Waals surface area contributed by atoms with Crippen LogP contribution < -0.4 is 0 Å². The molecule has 5 nitrogen and oxygen atoms in total. The maximum absolute atomic E-state index is 9.50. The van der Waals surface area contributed by atoms with Gasteiger partial charge in [-0.2, -0.15) is 0 Å². The predicted octanol–water partition coefficient (Wildman–Crippen LogP) is 2.94. The fourth-order valence-corrected chi connectivity index (χ4v) is 3.99. The summed E-state index contributed by atoms with van der Waals surface area (Å²) in [6.07, 6.45) is -0.556. The highest BCUT2D eigenvalue weighted by molar-refractivity contribution is 7.16. The fraction of sp³-hybridized carbons (Fsp3) is 0.250. The highest BCUT2D eigenvalue weighted by Crippen LogP contribution is 2.32. The molecule has 0 spiro atoms. The average Bonchev–Trinajstić information content (AvgIpc) is 3.17. The normalized spacial score (nSPS) is 12.8. The molecule has 1 atom stereocenters. The van der Waals surface area contributed by atoms with Gasteiger partial charge in [0, 0.05) is 16.1 Å². The van der Waals surface area contributed by atoms with Crippen molar-refractivity contribution in [2.75, 3.05) is 0 Å². The lowest BCUT2D eigenvalue weighted by Crippen LogP contribution is -1.89. The van der Waals surface area contributed by atoms with E-state index in [4.69, 9.17) is 5.11 Å². The molecule has 3 aromatic heterocycles. The van der Waals surface area contributed by atoms with Gasteiger partial charge >= 0.3 is 0 Å². The highest BCUT2D eigenvalue weighted by atomic mass is 32.1. The maximum atomic E-state index is 9.50. The molecule has 3 rings (SSSR count). The molecule has 0 saturated heterocycles. The van der Waals surface area contributed by atoms with E-state index >= 15 is 0 Å². The molecule has 2 N–H and O–H groups in total. The minimum Gasteiger partial charge on any atom is -0.390 e. The molecule has 0 saturated carbocycles. The molecular weight excluding hydrogens is 314 g/mol. The second kappa shape index (κ2) is 5.66. The van der Waals surface area contributed by atoms with E-state index in [1.165, 1.54) is 34.0 Å². The third kappa shape index (κ3) is 2.65. The SMILES string of the molecule is C[C@H](O)c1nc(-c2nc(-c3nc(CO)cs3)cs2)cs1. The number of hydrogen-bond donors (Lipinski definition) is 2. The van der Waals surface area contributed by atoms with Crippen LogP contribution in [0.25, 0.3) is 21.4 Å². The zero-order valence-corrected chi connectivity index (χ0v) is 12.9. The largest absolute Gasteiger partial charge is 0.390 e. The summed E-state index contributed by atoms with van der Waals surface area (Å²) < 4.78 is 0. The van der Waals surface area contributed by atoms with E-state index in [0.717, 1.165) is 21.4 Å². The first-order valence-electron chi connectivity index (χ1n) is 5.82. The van der Waals surface area contributed by atoms with E-state index in [1.54, 1.807) is 6.92 Å². The Balaban J connectivity index is 1.89. The molecule has 0 aliphatic carbocycles. The maximum Gasteiger partial charge on any atom is 0.143 e. The Morgan fingerprint density at radius 1 is 1.00 bits per heavy atom. The molecule has 8 heteroatoms. The van der Waals surface area contributed by atoms with Crippen molar-refractivity contribution >= 4 is 34.0 Å². The number of rotatable bonds is 4. The summed E-state index contributed by atoms with van der Waals surface area (Å²) in [6.45, 7) is 1.64. The molecule has 0 bridgehead atoms. The Labute approximate surface area is 127 Å².